The van der Waals surface area contributed by atoms with E-state index in [2.05, 4.69) is 55.7 Å². The van der Waals surface area contributed by atoms with Crippen LogP contribution >= 0.6 is 0 Å². The number of piperidine rings is 1. The normalized spacial score (nSPS) is 21.6. The fourth-order valence-electron chi connectivity index (χ4n) is 3.06. The number of hydrogen-bond acceptors (Lipinski definition) is 2. The summed E-state index contributed by atoms with van der Waals surface area (Å²) in [5.74, 6) is 1.25. The topological polar surface area (TPSA) is 41.1 Å². The molecular weight excluding hydrogens is 260 g/mol. The Bertz CT molecular complexity index is 449. The second-order valence-electron chi connectivity index (χ2n) is 6.49. The van der Waals surface area contributed by atoms with Gasteiger partial charge < -0.3 is 10.6 Å². The highest BCUT2D eigenvalue weighted by molar-refractivity contribution is 5.76. The van der Waals surface area contributed by atoms with Gasteiger partial charge in [-0.05, 0) is 57.2 Å². The average Bonchev–Trinajstić information content (AvgIpc) is 2.48. The lowest BCUT2D eigenvalue weighted by Crippen LogP contribution is -2.36. The largest absolute Gasteiger partial charge is 0.350 e. The Labute approximate surface area is 128 Å². The van der Waals surface area contributed by atoms with E-state index < -0.39 is 0 Å². The lowest BCUT2D eigenvalue weighted by atomic mass is 9.85. The van der Waals surface area contributed by atoms with Crippen molar-refractivity contribution in [3.05, 3.63) is 35.4 Å². The Balaban J connectivity index is 1.81. The van der Waals surface area contributed by atoms with Crippen molar-refractivity contribution >= 4 is 5.91 Å². The average molecular weight is 288 g/mol. The molecule has 3 heteroatoms. The van der Waals surface area contributed by atoms with Crippen LogP contribution in [-0.4, -0.2) is 19.0 Å². The number of hydrogen-bond donors (Lipinski definition) is 2. The van der Waals surface area contributed by atoms with Gasteiger partial charge in [0.1, 0.15) is 0 Å². The fraction of sp³-hybridized carbons (Fsp3) is 0.611. The molecule has 1 amide bonds. The molecule has 1 aromatic carbocycles. The second-order valence-corrected chi connectivity index (χ2v) is 6.49. The summed E-state index contributed by atoms with van der Waals surface area (Å²) in [6.45, 7) is 8.51. The lowest BCUT2D eigenvalue weighted by molar-refractivity contribution is -0.123. The maximum Gasteiger partial charge on any atom is 0.220 e. The van der Waals surface area contributed by atoms with E-state index in [9.17, 15) is 4.79 Å². The summed E-state index contributed by atoms with van der Waals surface area (Å²) in [6, 6.07) is 8.45. The van der Waals surface area contributed by atoms with Gasteiger partial charge in [0.05, 0.1) is 6.04 Å². The molecule has 0 radical (unpaired) electrons. The SMILES string of the molecule is Cc1ccc([C@H](C)NC(=O)CC(C)C2CCCNC2)cc1. The summed E-state index contributed by atoms with van der Waals surface area (Å²) in [5.41, 5.74) is 2.41. The van der Waals surface area contributed by atoms with Crippen molar-refractivity contribution in [3.63, 3.8) is 0 Å². The Morgan fingerprint density at radius 2 is 2.05 bits per heavy atom. The van der Waals surface area contributed by atoms with Gasteiger partial charge in [0.15, 0.2) is 0 Å². The molecule has 1 aromatic rings. The molecule has 0 spiro atoms. The van der Waals surface area contributed by atoms with Crippen molar-refractivity contribution in [3.8, 4) is 0 Å². The molecule has 2 N–H and O–H groups in total. The molecule has 0 aromatic heterocycles. The number of carbonyl (C=O) groups is 1. The van der Waals surface area contributed by atoms with Crippen LogP contribution in [0, 0.1) is 18.8 Å². The fourth-order valence-corrected chi connectivity index (χ4v) is 3.06. The maximum atomic E-state index is 12.2. The highest BCUT2D eigenvalue weighted by Crippen LogP contribution is 2.23. The molecule has 0 aliphatic carbocycles. The van der Waals surface area contributed by atoms with Crippen molar-refractivity contribution in [2.24, 2.45) is 11.8 Å². The van der Waals surface area contributed by atoms with Crippen molar-refractivity contribution in [1.29, 1.82) is 0 Å². The Kier molecular flexibility index (Phi) is 5.80. The van der Waals surface area contributed by atoms with Crippen molar-refractivity contribution < 1.29 is 4.79 Å². The van der Waals surface area contributed by atoms with E-state index in [1.165, 1.54) is 24.0 Å². The summed E-state index contributed by atoms with van der Waals surface area (Å²) in [5, 5.41) is 6.56. The molecule has 2 rings (SSSR count). The molecule has 21 heavy (non-hydrogen) atoms. The number of aryl methyl sites for hydroxylation is 1. The van der Waals surface area contributed by atoms with Gasteiger partial charge in [-0.25, -0.2) is 0 Å². The van der Waals surface area contributed by atoms with Crippen LogP contribution in [-0.2, 0) is 4.79 Å². The van der Waals surface area contributed by atoms with Gasteiger partial charge in [-0.2, -0.15) is 0 Å². The van der Waals surface area contributed by atoms with E-state index in [-0.39, 0.29) is 11.9 Å². The van der Waals surface area contributed by atoms with Crippen molar-refractivity contribution in [2.75, 3.05) is 13.1 Å². The smallest absolute Gasteiger partial charge is 0.220 e. The summed E-state index contributed by atoms with van der Waals surface area (Å²) in [7, 11) is 0. The lowest BCUT2D eigenvalue weighted by Gasteiger charge is -2.28. The van der Waals surface area contributed by atoms with E-state index in [0.29, 0.717) is 18.3 Å². The van der Waals surface area contributed by atoms with Crippen LogP contribution in [0.15, 0.2) is 24.3 Å². The van der Waals surface area contributed by atoms with E-state index in [1.807, 2.05) is 0 Å². The quantitative estimate of drug-likeness (QED) is 0.873. The number of rotatable bonds is 5. The predicted molar refractivity (Wildman–Crippen MR) is 87.1 cm³/mol. The number of nitrogens with one attached hydrogen (secondary N) is 2. The molecule has 3 nitrogen and oxygen atoms in total. The molecule has 1 heterocycles. The molecule has 1 fully saturated rings. The summed E-state index contributed by atoms with van der Waals surface area (Å²) >= 11 is 0. The van der Waals surface area contributed by atoms with E-state index >= 15 is 0 Å². The summed E-state index contributed by atoms with van der Waals surface area (Å²) < 4.78 is 0. The predicted octanol–water partition coefficient (Wildman–Crippen LogP) is 3.20. The van der Waals surface area contributed by atoms with Crippen molar-refractivity contribution in [1.82, 2.24) is 10.6 Å². The van der Waals surface area contributed by atoms with E-state index in [4.69, 9.17) is 0 Å². The first-order valence-electron chi connectivity index (χ1n) is 8.13. The molecule has 2 unspecified atom stereocenters. The first-order chi connectivity index (χ1) is 10.1. The van der Waals surface area contributed by atoms with Gasteiger partial charge in [-0.15, -0.1) is 0 Å². The Hall–Kier alpha value is -1.35. The standard InChI is InChI=1S/C18H28N2O/c1-13-6-8-16(9-7-13)15(3)20-18(21)11-14(2)17-5-4-10-19-12-17/h6-9,14-15,17,19H,4-5,10-12H2,1-3H3,(H,20,21)/t14?,15-,17?/m0/s1. The van der Waals surface area contributed by atoms with Gasteiger partial charge in [0.2, 0.25) is 5.91 Å². The minimum absolute atomic E-state index is 0.0785. The van der Waals surface area contributed by atoms with Gasteiger partial charge >= 0.3 is 0 Å². The third-order valence-electron chi connectivity index (χ3n) is 4.60. The van der Waals surface area contributed by atoms with Gasteiger partial charge in [0, 0.05) is 6.42 Å². The number of amides is 1. The highest BCUT2D eigenvalue weighted by Gasteiger charge is 2.22. The monoisotopic (exact) mass is 288 g/mol. The van der Waals surface area contributed by atoms with Crippen LogP contribution in [0.25, 0.3) is 0 Å². The molecular formula is C18H28N2O. The van der Waals surface area contributed by atoms with Crippen LogP contribution in [0.3, 0.4) is 0 Å². The van der Waals surface area contributed by atoms with E-state index in [0.717, 1.165) is 13.1 Å². The second kappa shape index (κ2) is 7.60. The van der Waals surface area contributed by atoms with Crippen LogP contribution in [0.1, 0.15) is 50.3 Å². The third-order valence-corrected chi connectivity index (χ3v) is 4.60. The molecule has 3 atom stereocenters. The van der Waals surface area contributed by atoms with Gasteiger partial charge in [-0.1, -0.05) is 36.8 Å². The number of benzene rings is 1. The molecule has 1 aliphatic heterocycles. The minimum atomic E-state index is 0.0785. The maximum absolute atomic E-state index is 12.2. The summed E-state index contributed by atoms with van der Waals surface area (Å²) in [6.07, 6.45) is 3.11. The van der Waals surface area contributed by atoms with Gasteiger partial charge in [-0.3, -0.25) is 4.79 Å². The molecule has 1 aliphatic rings. The van der Waals surface area contributed by atoms with Crippen LogP contribution < -0.4 is 10.6 Å². The Morgan fingerprint density at radius 3 is 2.67 bits per heavy atom. The Morgan fingerprint density at radius 1 is 1.33 bits per heavy atom. The van der Waals surface area contributed by atoms with Crippen LogP contribution in [0.2, 0.25) is 0 Å². The molecule has 0 bridgehead atoms. The molecule has 0 saturated carbocycles. The first-order valence-corrected chi connectivity index (χ1v) is 8.13. The van der Waals surface area contributed by atoms with Crippen LogP contribution in [0.4, 0.5) is 0 Å². The molecule has 1 saturated heterocycles. The summed E-state index contributed by atoms with van der Waals surface area (Å²) in [4.78, 5) is 12.2. The number of carbonyl (C=O) groups excluding carboxylic acids is 1. The van der Waals surface area contributed by atoms with Crippen LogP contribution in [0.5, 0.6) is 0 Å². The zero-order valence-corrected chi connectivity index (χ0v) is 13.5. The van der Waals surface area contributed by atoms with Crippen molar-refractivity contribution in [2.45, 2.75) is 46.1 Å². The zero-order chi connectivity index (χ0) is 15.2. The van der Waals surface area contributed by atoms with E-state index in [1.54, 1.807) is 0 Å². The molecule has 116 valence electrons. The first kappa shape index (κ1) is 16.0. The zero-order valence-electron chi connectivity index (χ0n) is 13.5. The highest BCUT2D eigenvalue weighted by atomic mass is 16.1. The minimum Gasteiger partial charge on any atom is -0.350 e. The third kappa shape index (κ3) is 4.85. The van der Waals surface area contributed by atoms with Gasteiger partial charge in [0.25, 0.3) is 0 Å².